The minimum atomic E-state index is -4.41. The van der Waals surface area contributed by atoms with E-state index in [0.29, 0.717) is 0 Å². The average Bonchev–Trinajstić information content (AvgIpc) is 2.67. The molecule has 0 unspecified atom stereocenters. The highest BCUT2D eigenvalue weighted by molar-refractivity contribution is 8.13. The van der Waals surface area contributed by atoms with Gasteiger partial charge in [-0.2, -0.15) is 0 Å². The molecule has 0 bridgehead atoms. The van der Waals surface area contributed by atoms with Crippen LogP contribution in [0.15, 0.2) is 48.8 Å². The van der Waals surface area contributed by atoms with Crippen molar-refractivity contribution < 1.29 is 21.7 Å². The number of pyridine rings is 1. The van der Waals surface area contributed by atoms with Gasteiger partial charge in [-0.25, -0.2) is 13.0 Å². The Labute approximate surface area is 176 Å². The van der Waals surface area contributed by atoms with Crippen LogP contribution in [0, 0.1) is 5.41 Å². The third-order valence-electron chi connectivity index (χ3n) is 3.69. The first-order valence-electron chi connectivity index (χ1n) is 8.53. The summed E-state index contributed by atoms with van der Waals surface area (Å²) in [6.07, 6.45) is 8.31. The lowest BCUT2D eigenvalue weighted by Gasteiger charge is -2.18. The molecule has 158 valence electrons. The van der Waals surface area contributed by atoms with Crippen LogP contribution in [-0.2, 0) is 21.6 Å². The highest BCUT2D eigenvalue weighted by Crippen LogP contribution is 2.16. The Kier molecular flexibility index (Phi) is 10.4. The number of hydrogen-bond donors (Lipinski definition) is 2. The Morgan fingerprint density at radius 3 is 2.14 bits per heavy atom. The molecule has 0 aliphatic heterocycles. The van der Waals surface area contributed by atoms with Gasteiger partial charge in [-0.05, 0) is 23.3 Å². The van der Waals surface area contributed by atoms with Gasteiger partial charge in [0.15, 0.2) is 17.6 Å². The molecule has 29 heavy (non-hydrogen) atoms. The van der Waals surface area contributed by atoms with E-state index in [2.05, 4.69) is 64.7 Å². The van der Waals surface area contributed by atoms with Crippen molar-refractivity contribution in [3.05, 3.63) is 59.9 Å². The molecular formula is C19H26N4O4S2. The lowest BCUT2D eigenvalue weighted by Crippen LogP contribution is -2.25. The van der Waals surface area contributed by atoms with Crippen LogP contribution in [-0.4, -0.2) is 44.6 Å². The van der Waals surface area contributed by atoms with E-state index in [1.807, 2.05) is 24.0 Å². The van der Waals surface area contributed by atoms with Crippen LogP contribution in [0.5, 0.6) is 0 Å². The Morgan fingerprint density at radius 1 is 1.21 bits per heavy atom. The second-order valence-corrected chi connectivity index (χ2v) is 8.22. The van der Waals surface area contributed by atoms with E-state index < -0.39 is 10.4 Å². The van der Waals surface area contributed by atoms with Crippen LogP contribution >= 0.6 is 11.8 Å². The monoisotopic (exact) mass is 438 g/mol. The molecular weight excluding hydrogens is 412 g/mol. The van der Waals surface area contributed by atoms with Gasteiger partial charge in [0, 0.05) is 37.2 Å². The lowest BCUT2D eigenvalue weighted by atomic mass is 10.1. The predicted octanol–water partition coefficient (Wildman–Crippen LogP) is 1.84. The summed E-state index contributed by atoms with van der Waals surface area (Å²) in [5.74, 6) is 0.818. The van der Waals surface area contributed by atoms with Crippen molar-refractivity contribution in [3.8, 4) is 0 Å². The van der Waals surface area contributed by atoms with Gasteiger partial charge in [0.2, 0.25) is 10.4 Å². The molecule has 0 spiro atoms. The standard InChI is InChI=1S/C18H23N4S.CH4O4S/c1-21-11-9-16(10-12-21)4-3-15-5-7-17(8-6-15)22(2)13-14-23-18(19)20;1-5-6(2,3)4/h3-12H,13-14H2,1-2H3,(H3,19,20);1H3,(H,2,3,4)/q+1;/p-1. The third kappa shape index (κ3) is 11.3. The zero-order chi connectivity index (χ0) is 21.9. The summed E-state index contributed by atoms with van der Waals surface area (Å²) in [7, 11) is 0.458. The maximum atomic E-state index is 9.22. The largest absolute Gasteiger partial charge is 0.726 e. The number of rotatable bonds is 7. The molecule has 1 aromatic heterocycles. The minimum absolute atomic E-state index is 0.174. The number of aryl methyl sites for hydroxylation is 1. The second kappa shape index (κ2) is 12.2. The zero-order valence-corrected chi connectivity index (χ0v) is 18.2. The van der Waals surface area contributed by atoms with E-state index >= 15 is 0 Å². The number of amidine groups is 1. The van der Waals surface area contributed by atoms with Gasteiger partial charge in [0.25, 0.3) is 0 Å². The summed E-state index contributed by atoms with van der Waals surface area (Å²) in [6, 6.07) is 12.6. The Bertz CT molecular complexity index is 899. The van der Waals surface area contributed by atoms with Crippen LogP contribution in [0.1, 0.15) is 11.1 Å². The van der Waals surface area contributed by atoms with Crippen LogP contribution < -0.4 is 15.2 Å². The van der Waals surface area contributed by atoms with E-state index in [0.717, 1.165) is 25.1 Å². The molecule has 0 saturated heterocycles. The maximum absolute atomic E-state index is 9.22. The molecule has 0 atom stereocenters. The average molecular weight is 439 g/mol. The summed E-state index contributed by atoms with van der Waals surface area (Å²) >= 11 is 1.37. The minimum Gasteiger partial charge on any atom is -0.726 e. The van der Waals surface area contributed by atoms with Gasteiger partial charge in [0.05, 0.1) is 7.11 Å². The normalized spacial score (nSPS) is 11.0. The molecule has 1 aromatic carbocycles. The van der Waals surface area contributed by atoms with Crippen molar-refractivity contribution in [2.75, 3.05) is 31.4 Å². The molecule has 0 fully saturated rings. The molecule has 1 heterocycles. The quantitative estimate of drug-likeness (QED) is 0.222. The molecule has 0 amide bonds. The van der Waals surface area contributed by atoms with Crippen molar-refractivity contribution in [1.82, 2.24) is 0 Å². The fourth-order valence-electron chi connectivity index (χ4n) is 2.08. The first kappa shape index (κ1) is 24.6. The predicted molar refractivity (Wildman–Crippen MR) is 117 cm³/mol. The summed E-state index contributed by atoms with van der Waals surface area (Å²) in [5, 5.41) is 7.39. The van der Waals surface area contributed by atoms with Gasteiger partial charge in [-0.3, -0.25) is 9.59 Å². The number of nitrogens with one attached hydrogen (secondary N) is 1. The van der Waals surface area contributed by atoms with Crippen LogP contribution in [0.25, 0.3) is 12.2 Å². The van der Waals surface area contributed by atoms with Gasteiger partial charge in [0.1, 0.15) is 7.05 Å². The number of hydrogen-bond acceptors (Lipinski definition) is 7. The van der Waals surface area contributed by atoms with Gasteiger partial charge in [-0.1, -0.05) is 36.0 Å². The van der Waals surface area contributed by atoms with Crippen LogP contribution in [0.4, 0.5) is 5.69 Å². The SMILES string of the molecule is CN(CCSC(=N)N)c1ccc(/C=C/c2cc[n+](C)cc2)cc1.COS(=O)(=O)[O-]. The van der Waals surface area contributed by atoms with Crippen molar-refractivity contribution in [2.45, 2.75) is 0 Å². The van der Waals surface area contributed by atoms with Gasteiger partial charge >= 0.3 is 0 Å². The zero-order valence-electron chi connectivity index (χ0n) is 16.6. The molecule has 3 N–H and O–H groups in total. The first-order chi connectivity index (χ1) is 13.6. The topological polar surface area (TPSA) is 123 Å². The van der Waals surface area contributed by atoms with E-state index in [4.69, 9.17) is 11.1 Å². The Balaban J connectivity index is 0.000000612. The lowest BCUT2D eigenvalue weighted by molar-refractivity contribution is -0.671. The number of thioether (sulfide) groups is 1. The molecule has 10 heteroatoms. The van der Waals surface area contributed by atoms with Crippen molar-refractivity contribution in [2.24, 2.45) is 12.8 Å². The summed E-state index contributed by atoms with van der Waals surface area (Å²) in [6.45, 7) is 0.862. The van der Waals surface area contributed by atoms with Gasteiger partial charge in [-0.15, -0.1) is 0 Å². The summed E-state index contributed by atoms with van der Waals surface area (Å²) < 4.78 is 33.0. The third-order valence-corrected chi connectivity index (χ3v) is 4.80. The number of nitrogens with zero attached hydrogens (tertiary/aromatic N) is 2. The maximum Gasteiger partial charge on any atom is 0.217 e. The molecule has 2 aromatic rings. The Morgan fingerprint density at radius 2 is 1.69 bits per heavy atom. The van der Waals surface area contributed by atoms with Crippen LogP contribution in [0.3, 0.4) is 0 Å². The Hall–Kier alpha value is -2.40. The number of aromatic nitrogens is 1. The van der Waals surface area contributed by atoms with Crippen molar-refractivity contribution in [3.63, 3.8) is 0 Å². The van der Waals surface area contributed by atoms with Crippen molar-refractivity contribution in [1.29, 1.82) is 5.41 Å². The number of nitrogens with two attached hydrogens (primary N) is 1. The van der Waals surface area contributed by atoms with Gasteiger partial charge < -0.3 is 15.2 Å². The number of anilines is 1. The molecule has 0 aliphatic carbocycles. The molecule has 0 saturated carbocycles. The molecule has 2 rings (SSSR count). The molecule has 0 aliphatic rings. The van der Waals surface area contributed by atoms with Crippen LogP contribution in [0.2, 0.25) is 0 Å². The first-order valence-corrected chi connectivity index (χ1v) is 10.9. The highest BCUT2D eigenvalue weighted by atomic mass is 32.3. The number of benzene rings is 1. The van der Waals surface area contributed by atoms with E-state index in [1.54, 1.807) is 0 Å². The van der Waals surface area contributed by atoms with E-state index in [1.165, 1.54) is 22.9 Å². The van der Waals surface area contributed by atoms with E-state index in [9.17, 15) is 13.0 Å². The van der Waals surface area contributed by atoms with Crippen molar-refractivity contribution >= 4 is 45.2 Å². The summed E-state index contributed by atoms with van der Waals surface area (Å²) in [4.78, 5) is 2.17. The highest BCUT2D eigenvalue weighted by Gasteiger charge is 2.01. The fraction of sp³-hybridized carbons (Fsp3) is 0.263. The molecule has 8 nitrogen and oxygen atoms in total. The smallest absolute Gasteiger partial charge is 0.217 e. The molecule has 0 radical (unpaired) electrons. The fourth-order valence-corrected chi connectivity index (χ4v) is 2.66. The van der Waals surface area contributed by atoms with E-state index in [-0.39, 0.29) is 5.17 Å². The second-order valence-electron chi connectivity index (χ2n) is 5.93. The summed E-state index contributed by atoms with van der Waals surface area (Å²) in [5.41, 5.74) is 8.87.